The Bertz CT molecular complexity index is 265. The van der Waals surface area contributed by atoms with Gasteiger partial charge in [-0.1, -0.05) is 0 Å². The average molecular weight is 175 g/mol. The lowest BCUT2D eigenvalue weighted by Gasteiger charge is -1.86. The molecule has 4 nitrogen and oxygen atoms in total. The van der Waals surface area contributed by atoms with Gasteiger partial charge in [-0.15, -0.1) is 0 Å². The molecule has 0 aliphatic rings. The molecule has 0 saturated heterocycles. The maximum Gasteiger partial charge on any atom is 0.332 e. The van der Waals surface area contributed by atoms with E-state index in [9.17, 15) is 10.1 Å². The topological polar surface area (TPSA) is 47.0 Å². The summed E-state index contributed by atoms with van der Waals surface area (Å²) >= 11 is 0. The summed E-state index contributed by atoms with van der Waals surface area (Å²) in [7, 11) is 1.74. The highest BCUT2D eigenvalue weighted by Crippen LogP contribution is 2.03. The fourth-order valence-electron chi connectivity index (χ4n) is 0.680. The van der Waals surface area contributed by atoms with Crippen LogP contribution in [0.25, 0.3) is 0 Å². The maximum absolute atomic E-state index is 10.1. The Morgan fingerprint density at radius 2 is 2.27 bits per heavy atom. The van der Waals surface area contributed by atoms with Gasteiger partial charge in [-0.05, 0) is 0 Å². The highest BCUT2D eigenvalue weighted by atomic mass is 35.5. The van der Waals surface area contributed by atoms with Crippen LogP contribution in [0.15, 0.2) is 24.5 Å². The SMILES string of the molecule is C[n+]1cccc([N+](=O)[O-])c1.[Cl-]. The van der Waals surface area contributed by atoms with E-state index in [1.165, 1.54) is 12.3 Å². The molecule has 0 unspecified atom stereocenters. The van der Waals surface area contributed by atoms with Crippen LogP contribution in [0.3, 0.4) is 0 Å². The zero-order valence-electron chi connectivity index (χ0n) is 5.90. The van der Waals surface area contributed by atoms with Gasteiger partial charge in [-0.25, -0.2) is 4.57 Å². The van der Waals surface area contributed by atoms with Gasteiger partial charge in [0.1, 0.15) is 7.05 Å². The molecule has 0 N–H and O–H groups in total. The molecule has 0 atom stereocenters. The number of pyridine rings is 1. The summed E-state index contributed by atoms with van der Waals surface area (Å²) in [5.41, 5.74) is 0.116. The van der Waals surface area contributed by atoms with Gasteiger partial charge in [-0.2, -0.15) is 0 Å². The predicted octanol–water partition coefficient (Wildman–Crippen LogP) is -2.58. The fourth-order valence-corrected chi connectivity index (χ4v) is 0.680. The third-order valence-electron chi connectivity index (χ3n) is 1.13. The molecule has 60 valence electrons. The largest absolute Gasteiger partial charge is 1.00 e. The number of rotatable bonds is 1. The van der Waals surface area contributed by atoms with Gasteiger partial charge < -0.3 is 12.4 Å². The molecule has 0 radical (unpaired) electrons. The van der Waals surface area contributed by atoms with Gasteiger partial charge in [0.05, 0.1) is 4.92 Å². The number of hydrogen-bond acceptors (Lipinski definition) is 2. The minimum absolute atomic E-state index is 0. The molecule has 0 amide bonds. The summed E-state index contributed by atoms with van der Waals surface area (Å²) in [4.78, 5) is 9.73. The first-order valence-corrected chi connectivity index (χ1v) is 2.80. The van der Waals surface area contributed by atoms with Crippen LogP contribution in [0.4, 0.5) is 5.69 Å². The molecule has 0 aromatic carbocycles. The molecule has 0 fully saturated rings. The number of halogens is 1. The summed E-state index contributed by atoms with van der Waals surface area (Å²) < 4.78 is 1.64. The van der Waals surface area contributed by atoms with Crippen molar-refractivity contribution in [2.24, 2.45) is 7.05 Å². The molecule has 0 aliphatic heterocycles. The monoisotopic (exact) mass is 174 g/mol. The summed E-state index contributed by atoms with van der Waals surface area (Å²) in [6.45, 7) is 0. The molecule has 1 aromatic heterocycles. The molecular formula is C6H7ClN2O2. The molecule has 1 aromatic rings. The number of nitro groups is 1. The lowest BCUT2D eigenvalue weighted by atomic mass is 10.4. The van der Waals surface area contributed by atoms with Gasteiger partial charge in [0.15, 0.2) is 6.20 Å². The van der Waals surface area contributed by atoms with E-state index in [0.29, 0.717) is 0 Å². The Hall–Kier alpha value is -1.16. The minimum atomic E-state index is -0.417. The zero-order chi connectivity index (χ0) is 7.56. The van der Waals surface area contributed by atoms with E-state index >= 15 is 0 Å². The number of aryl methyl sites for hydroxylation is 1. The molecule has 0 spiro atoms. The smallest absolute Gasteiger partial charge is 0.332 e. The Kier molecular flexibility index (Phi) is 3.47. The van der Waals surface area contributed by atoms with Crippen molar-refractivity contribution < 1.29 is 21.9 Å². The fraction of sp³-hybridized carbons (Fsp3) is 0.167. The average Bonchev–Trinajstić information content (AvgIpc) is 1.88. The van der Waals surface area contributed by atoms with Crippen molar-refractivity contribution in [1.82, 2.24) is 0 Å². The van der Waals surface area contributed by atoms with Crippen LogP contribution >= 0.6 is 0 Å². The molecule has 1 rings (SSSR count). The predicted molar refractivity (Wildman–Crippen MR) is 34.3 cm³/mol. The molecule has 5 heteroatoms. The van der Waals surface area contributed by atoms with Crippen molar-refractivity contribution in [3.05, 3.63) is 34.6 Å². The van der Waals surface area contributed by atoms with Crippen LogP contribution in [0.1, 0.15) is 0 Å². The number of nitrogens with zero attached hydrogens (tertiary/aromatic N) is 2. The molecule has 1 heterocycles. The summed E-state index contributed by atoms with van der Waals surface area (Å²) in [5.74, 6) is 0. The van der Waals surface area contributed by atoms with Gasteiger partial charge >= 0.3 is 5.69 Å². The van der Waals surface area contributed by atoms with Crippen molar-refractivity contribution in [3.8, 4) is 0 Å². The molecule has 0 bridgehead atoms. The Morgan fingerprint density at radius 1 is 1.64 bits per heavy atom. The maximum atomic E-state index is 10.1. The third kappa shape index (κ3) is 2.51. The Morgan fingerprint density at radius 3 is 2.64 bits per heavy atom. The standard InChI is InChI=1S/C6H7N2O2.ClH/c1-7-4-2-3-6(5-7)8(9)10;/h2-5H,1H3;1H/q+1;/p-1. The normalized spacial score (nSPS) is 8.45. The van der Waals surface area contributed by atoms with Crippen molar-refractivity contribution >= 4 is 5.69 Å². The highest BCUT2D eigenvalue weighted by Gasteiger charge is 2.07. The van der Waals surface area contributed by atoms with E-state index in [-0.39, 0.29) is 18.1 Å². The van der Waals surface area contributed by atoms with E-state index in [4.69, 9.17) is 0 Å². The van der Waals surface area contributed by atoms with Crippen LogP contribution < -0.4 is 17.0 Å². The van der Waals surface area contributed by atoms with E-state index in [2.05, 4.69) is 0 Å². The first-order chi connectivity index (χ1) is 4.70. The highest BCUT2D eigenvalue weighted by molar-refractivity contribution is 5.20. The summed E-state index contributed by atoms with van der Waals surface area (Å²) in [5, 5.41) is 10.1. The Labute approximate surface area is 70.0 Å². The second-order valence-electron chi connectivity index (χ2n) is 1.98. The van der Waals surface area contributed by atoms with Crippen LogP contribution in [0, 0.1) is 10.1 Å². The summed E-state index contributed by atoms with van der Waals surface area (Å²) in [6, 6.07) is 3.10. The van der Waals surface area contributed by atoms with Crippen molar-refractivity contribution in [3.63, 3.8) is 0 Å². The minimum Gasteiger partial charge on any atom is -1.00 e. The summed E-state index contributed by atoms with van der Waals surface area (Å²) in [6.07, 6.45) is 3.20. The first-order valence-electron chi connectivity index (χ1n) is 2.80. The van der Waals surface area contributed by atoms with Gasteiger partial charge in [0.25, 0.3) is 0 Å². The van der Waals surface area contributed by atoms with E-state index in [0.717, 1.165) is 0 Å². The van der Waals surface area contributed by atoms with E-state index < -0.39 is 4.92 Å². The number of aromatic nitrogens is 1. The molecular weight excluding hydrogens is 168 g/mol. The van der Waals surface area contributed by atoms with Gasteiger partial charge in [-0.3, -0.25) is 10.1 Å². The van der Waals surface area contributed by atoms with Gasteiger partial charge in [0.2, 0.25) is 6.20 Å². The third-order valence-corrected chi connectivity index (χ3v) is 1.13. The van der Waals surface area contributed by atoms with Crippen molar-refractivity contribution in [1.29, 1.82) is 0 Å². The quantitative estimate of drug-likeness (QED) is 0.267. The Balaban J connectivity index is 0.000001000. The van der Waals surface area contributed by atoms with E-state index in [1.54, 1.807) is 23.9 Å². The molecule has 11 heavy (non-hydrogen) atoms. The van der Waals surface area contributed by atoms with Crippen molar-refractivity contribution in [2.75, 3.05) is 0 Å². The second kappa shape index (κ2) is 3.88. The van der Waals surface area contributed by atoms with Crippen LogP contribution in [-0.4, -0.2) is 4.92 Å². The van der Waals surface area contributed by atoms with Crippen LogP contribution in [0.2, 0.25) is 0 Å². The number of hydrogen-bond donors (Lipinski definition) is 0. The second-order valence-corrected chi connectivity index (χ2v) is 1.98. The van der Waals surface area contributed by atoms with Gasteiger partial charge in [0, 0.05) is 12.1 Å². The van der Waals surface area contributed by atoms with Crippen molar-refractivity contribution in [2.45, 2.75) is 0 Å². The van der Waals surface area contributed by atoms with E-state index in [1.807, 2.05) is 0 Å². The lowest BCUT2D eigenvalue weighted by molar-refractivity contribution is -0.674. The first kappa shape index (κ1) is 9.84. The zero-order valence-corrected chi connectivity index (χ0v) is 6.65. The molecule has 0 aliphatic carbocycles. The van der Waals surface area contributed by atoms with Crippen LogP contribution in [0.5, 0.6) is 0 Å². The molecule has 0 saturated carbocycles. The van der Waals surface area contributed by atoms with Crippen LogP contribution in [-0.2, 0) is 7.05 Å². The lowest BCUT2D eigenvalue weighted by Crippen LogP contribution is -3.00.